The highest BCUT2D eigenvalue weighted by molar-refractivity contribution is 7.89. The molecule has 0 aliphatic carbocycles. The van der Waals surface area contributed by atoms with Gasteiger partial charge in [0.05, 0.1) is 23.6 Å². The lowest BCUT2D eigenvalue weighted by molar-refractivity contribution is -0.00771. The summed E-state index contributed by atoms with van der Waals surface area (Å²) in [7, 11) is -3.49. The van der Waals surface area contributed by atoms with Gasteiger partial charge in [-0.3, -0.25) is 0 Å². The van der Waals surface area contributed by atoms with Gasteiger partial charge in [-0.1, -0.05) is 0 Å². The summed E-state index contributed by atoms with van der Waals surface area (Å²) in [5.74, 6) is 0. The van der Waals surface area contributed by atoms with Crippen molar-refractivity contribution in [3.63, 3.8) is 0 Å². The molecule has 1 aliphatic heterocycles. The maximum atomic E-state index is 12.7. The molecule has 2 N–H and O–H groups in total. The molecule has 2 rings (SSSR count). The van der Waals surface area contributed by atoms with E-state index in [1.807, 2.05) is 13.8 Å². The summed E-state index contributed by atoms with van der Waals surface area (Å²) in [5, 5.41) is 1.77. The number of morpholine rings is 1. The first kappa shape index (κ1) is 14.0. The van der Waals surface area contributed by atoms with E-state index in [-0.39, 0.29) is 6.54 Å². The third-order valence-electron chi connectivity index (χ3n) is 3.03. The van der Waals surface area contributed by atoms with Crippen LogP contribution in [0.15, 0.2) is 16.3 Å². The number of nitrogens with zero attached hydrogens (tertiary/aromatic N) is 1. The van der Waals surface area contributed by atoms with Crippen molar-refractivity contribution < 1.29 is 13.2 Å². The van der Waals surface area contributed by atoms with E-state index < -0.39 is 15.6 Å². The van der Waals surface area contributed by atoms with Gasteiger partial charge in [0.2, 0.25) is 10.0 Å². The molecule has 1 saturated heterocycles. The molecule has 1 aromatic rings. The van der Waals surface area contributed by atoms with Gasteiger partial charge in [-0.05, 0) is 25.3 Å². The van der Waals surface area contributed by atoms with Crippen molar-refractivity contribution in [2.24, 2.45) is 5.73 Å². The predicted octanol–water partition coefficient (Wildman–Crippen LogP) is 1.01. The molecule has 0 bridgehead atoms. The Morgan fingerprint density at radius 1 is 1.56 bits per heavy atom. The van der Waals surface area contributed by atoms with Crippen LogP contribution in [-0.4, -0.2) is 38.0 Å². The Bertz CT molecular complexity index is 522. The van der Waals surface area contributed by atoms with Gasteiger partial charge in [0.15, 0.2) is 0 Å². The topological polar surface area (TPSA) is 72.6 Å². The van der Waals surface area contributed by atoms with E-state index in [9.17, 15) is 8.42 Å². The van der Waals surface area contributed by atoms with Gasteiger partial charge >= 0.3 is 0 Å². The quantitative estimate of drug-likeness (QED) is 0.901. The Morgan fingerprint density at radius 3 is 2.89 bits per heavy atom. The highest BCUT2D eigenvalue weighted by Gasteiger charge is 2.40. The lowest BCUT2D eigenvalue weighted by atomic mass is 10.1. The predicted molar refractivity (Wildman–Crippen MR) is 71.0 cm³/mol. The van der Waals surface area contributed by atoms with Crippen LogP contribution in [0.3, 0.4) is 0 Å². The third kappa shape index (κ3) is 2.33. The molecule has 102 valence electrons. The molecule has 0 unspecified atom stereocenters. The van der Waals surface area contributed by atoms with Crippen molar-refractivity contribution in [2.75, 3.05) is 19.8 Å². The Kier molecular flexibility index (Phi) is 3.80. The molecule has 0 saturated carbocycles. The van der Waals surface area contributed by atoms with E-state index in [0.717, 1.165) is 0 Å². The first-order valence-electron chi connectivity index (χ1n) is 5.76. The second-order valence-electron chi connectivity index (χ2n) is 4.85. The van der Waals surface area contributed by atoms with E-state index in [1.165, 1.54) is 15.6 Å². The van der Waals surface area contributed by atoms with Crippen LogP contribution in [0.5, 0.6) is 0 Å². The monoisotopic (exact) mass is 290 g/mol. The zero-order chi connectivity index (χ0) is 13.4. The number of ether oxygens (including phenoxy) is 1. The third-order valence-corrected chi connectivity index (χ3v) is 6.30. The van der Waals surface area contributed by atoms with Gasteiger partial charge in [0.1, 0.15) is 0 Å². The van der Waals surface area contributed by atoms with Crippen molar-refractivity contribution >= 4 is 21.4 Å². The summed E-state index contributed by atoms with van der Waals surface area (Å²) in [4.78, 5) is 1.04. The summed E-state index contributed by atoms with van der Waals surface area (Å²) in [6.07, 6.45) is 0. The maximum Gasteiger partial charge on any atom is 0.244 e. The molecule has 5 nitrogen and oxygen atoms in total. The number of thiophene rings is 1. The summed E-state index contributed by atoms with van der Waals surface area (Å²) in [5.41, 5.74) is 5.07. The van der Waals surface area contributed by atoms with Crippen molar-refractivity contribution in [1.29, 1.82) is 0 Å². The van der Waals surface area contributed by atoms with E-state index >= 15 is 0 Å². The summed E-state index contributed by atoms with van der Waals surface area (Å²) in [6, 6.07) is 1.63. The second kappa shape index (κ2) is 4.90. The minimum Gasteiger partial charge on any atom is -0.378 e. The fourth-order valence-electron chi connectivity index (χ4n) is 2.12. The molecule has 0 aromatic carbocycles. The molecule has 0 radical (unpaired) electrons. The average Bonchev–Trinajstić information content (AvgIpc) is 2.76. The van der Waals surface area contributed by atoms with Gasteiger partial charge in [-0.25, -0.2) is 8.42 Å². The van der Waals surface area contributed by atoms with Crippen LogP contribution in [0, 0.1) is 0 Å². The maximum absolute atomic E-state index is 12.7. The van der Waals surface area contributed by atoms with Crippen LogP contribution in [0.1, 0.15) is 18.7 Å². The Hall–Kier alpha value is -0.470. The first-order chi connectivity index (χ1) is 8.39. The van der Waals surface area contributed by atoms with E-state index in [2.05, 4.69) is 0 Å². The fraction of sp³-hybridized carbons (Fsp3) is 0.636. The van der Waals surface area contributed by atoms with Crippen molar-refractivity contribution in [1.82, 2.24) is 4.31 Å². The minimum atomic E-state index is -3.49. The molecular weight excluding hydrogens is 272 g/mol. The summed E-state index contributed by atoms with van der Waals surface area (Å²) >= 11 is 1.38. The standard InChI is InChI=1S/C11H18N2O3S2/c1-11(2)8-16-5-4-13(11)18(14,15)10-3-6-17-9(10)7-12/h3,6H,4-5,7-8,12H2,1-2H3. The molecule has 18 heavy (non-hydrogen) atoms. The largest absolute Gasteiger partial charge is 0.378 e. The summed E-state index contributed by atoms with van der Waals surface area (Å²) in [6.45, 7) is 5.22. The number of hydrogen-bond donors (Lipinski definition) is 1. The van der Waals surface area contributed by atoms with Crippen molar-refractivity contribution in [3.8, 4) is 0 Å². The molecule has 7 heteroatoms. The van der Waals surface area contributed by atoms with E-state index in [1.54, 1.807) is 11.4 Å². The van der Waals surface area contributed by atoms with Crippen molar-refractivity contribution in [3.05, 3.63) is 16.3 Å². The molecule has 0 spiro atoms. The molecule has 0 atom stereocenters. The molecule has 1 fully saturated rings. The van der Waals surface area contributed by atoms with Crippen LogP contribution in [0.2, 0.25) is 0 Å². The van der Waals surface area contributed by atoms with Crippen LogP contribution in [-0.2, 0) is 21.3 Å². The molecule has 1 aromatic heterocycles. The van der Waals surface area contributed by atoms with Crippen LogP contribution in [0.4, 0.5) is 0 Å². The molecule has 2 heterocycles. The zero-order valence-electron chi connectivity index (χ0n) is 10.5. The number of hydrogen-bond acceptors (Lipinski definition) is 5. The Labute approximate surface area is 112 Å². The molecule has 1 aliphatic rings. The van der Waals surface area contributed by atoms with Gasteiger partial charge in [0, 0.05) is 18.0 Å². The van der Waals surface area contributed by atoms with E-state index in [4.69, 9.17) is 10.5 Å². The summed E-state index contributed by atoms with van der Waals surface area (Å²) < 4.78 is 32.2. The lowest BCUT2D eigenvalue weighted by Crippen LogP contribution is -2.55. The average molecular weight is 290 g/mol. The van der Waals surface area contributed by atoms with Crippen molar-refractivity contribution in [2.45, 2.75) is 30.8 Å². The lowest BCUT2D eigenvalue weighted by Gasteiger charge is -2.40. The van der Waals surface area contributed by atoms with Crippen LogP contribution < -0.4 is 5.73 Å². The first-order valence-corrected chi connectivity index (χ1v) is 8.08. The second-order valence-corrected chi connectivity index (χ2v) is 7.69. The zero-order valence-corrected chi connectivity index (χ0v) is 12.2. The number of nitrogens with two attached hydrogens (primary N) is 1. The normalized spacial score (nSPS) is 21.1. The smallest absolute Gasteiger partial charge is 0.244 e. The van der Waals surface area contributed by atoms with Crippen LogP contribution in [0.25, 0.3) is 0 Å². The Morgan fingerprint density at radius 2 is 2.28 bits per heavy atom. The SMILES string of the molecule is CC1(C)COCCN1S(=O)(=O)c1ccsc1CN. The number of rotatable bonds is 3. The van der Waals surface area contributed by atoms with Gasteiger partial charge < -0.3 is 10.5 Å². The minimum absolute atomic E-state index is 0.247. The molecule has 0 amide bonds. The molecular formula is C11H18N2O3S2. The highest BCUT2D eigenvalue weighted by Crippen LogP contribution is 2.31. The Balaban J connectivity index is 2.42. The number of sulfonamides is 1. The van der Waals surface area contributed by atoms with Crippen LogP contribution >= 0.6 is 11.3 Å². The highest BCUT2D eigenvalue weighted by atomic mass is 32.2. The van der Waals surface area contributed by atoms with Gasteiger partial charge in [-0.15, -0.1) is 11.3 Å². The van der Waals surface area contributed by atoms with E-state index in [0.29, 0.717) is 29.5 Å². The van der Waals surface area contributed by atoms with Gasteiger partial charge in [0.25, 0.3) is 0 Å². The van der Waals surface area contributed by atoms with Gasteiger partial charge in [-0.2, -0.15) is 4.31 Å². The fourth-order valence-corrected chi connectivity index (χ4v) is 5.18.